The van der Waals surface area contributed by atoms with Gasteiger partial charge in [0.05, 0.1) is 0 Å². The van der Waals surface area contributed by atoms with Crippen LogP contribution in [0, 0.1) is 5.92 Å². The van der Waals surface area contributed by atoms with E-state index in [0.717, 1.165) is 10.8 Å². The van der Waals surface area contributed by atoms with E-state index in [1.165, 1.54) is 139 Å². The Morgan fingerprint density at radius 2 is 1.00 bits per heavy atom. The van der Waals surface area contributed by atoms with Crippen molar-refractivity contribution in [2.75, 3.05) is 0 Å². The van der Waals surface area contributed by atoms with Crippen molar-refractivity contribution in [2.24, 2.45) is 5.92 Å². The maximum absolute atomic E-state index is 9.40. The fourth-order valence-corrected chi connectivity index (χ4v) is 6.37. The van der Waals surface area contributed by atoms with Crippen LogP contribution in [0.5, 0.6) is 5.75 Å². The second-order valence-corrected chi connectivity index (χ2v) is 12.0. The molecule has 0 amide bonds. The summed E-state index contributed by atoms with van der Waals surface area (Å²) in [6, 6.07) is 16.4. The smallest absolute Gasteiger partial charge is 0.115 e. The lowest BCUT2D eigenvalue weighted by Gasteiger charge is -2.21. The van der Waals surface area contributed by atoms with Crippen LogP contribution in [0.25, 0.3) is 0 Å². The van der Waals surface area contributed by atoms with Gasteiger partial charge < -0.3 is 5.11 Å². The lowest BCUT2D eigenvalue weighted by Crippen LogP contribution is -2.05. The minimum absolute atomic E-state index is 0.324. The summed E-state index contributed by atoms with van der Waals surface area (Å²) in [6.45, 7) is 0. The monoisotopic (exact) mass is 494 g/mol. The highest BCUT2D eigenvalue weighted by molar-refractivity contribution is 7.99. The summed E-state index contributed by atoms with van der Waals surface area (Å²) >= 11 is 1.75. The number of benzene rings is 2. The lowest BCUT2D eigenvalue weighted by molar-refractivity contribution is 0.328. The Bertz CT molecular complexity index is 761. The average Bonchev–Trinajstić information content (AvgIpc) is 2.89. The zero-order chi connectivity index (χ0) is 24.4. The molecule has 0 unspecified atom stereocenters. The minimum atomic E-state index is 0.324. The lowest BCUT2D eigenvalue weighted by atomic mass is 9.85. The average molecular weight is 495 g/mol. The van der Waals surface area contributed by atoms with E-state index in [4.69, 9.17) is 0 Å². The van der Waals surface area contributed by atoms with Crippen molar-refractivity contribution >= 4 is 11.8 Å². The van der Waals surface area contributed by atoms with E-state index in [9.17, 15) is 5.11 Å². The highest BCUT2D eigenvalue weighted by atomic mass is 32.2. The number of hydrogen-bond donors (Lipinski definition) is 1. The third-order valence-electron chi connectivity index (χ3n) is 7.80. The van der Waals surface area contributed by atoms with Gasteiger partial charge in [-0.05, 0) is 60.7 Å². The van der Waals surface area contributed by atoms with Crippen molar-refractivity contribution in [3.63, 3.8) is 0 Å². The van der Waals surface area contributed by atoms with Crippen LogP contribution >= 0.6 is 11.8 Å². The standard InChI is InChI=1S/C33H50OS/c34-31-23-27-33(28-24-31)35-32-25-21-30(22-26-32)20-14-11-9-7-5-3-1-2-4-6-8-10-13-17-29-18-15-12-16-19-29/h21-29,34H,1-20H2. The number of rotatable bonds is 18. The first-order valence-corrected chi connectivity index (χ1v) is 15.7. The summed E-state index contributed by atoms with van der Waals surface area (Å²) in [4.78, 5) is 2.42. The second kappa shape index (κ2) is 17.9. The van der Waals surface area contributed by atoms with Gasteiger partial charge in [0.1, 0.15) is 5.75 Å². The Balaban J connectivity index is 1.07. The molecule has 0 aliphatic heterocycles. The molecule has 0 bridgehead atoms. The van der Waals surface area contributed by atoms with Crippen LogP contribution in [-0.2, 0) is 6.42 Å². The zero-order valence-electron chi connectivity index (χ0n) is 22.2. The van der Waals surface area contributed by atoms with Crippen molar-refractivity contribution in [3.05, 3.63) is 54.1 Å². The predicted octanol–water partition coefficient (Wildman–Crippen LogP) is 11.1. The van der Waals surface area contributed by atoms with Gasteiger partial charge in [-0.15, -0.1) is 0 Å². The van der Waals surface area contributed by atoms with E-state index in [1.54, 1.807) is 23.9 Å². The molecule has 0 radical (unpaired) electrons. The maximum Gasteiger partial charge on any atom is 0.115 e. The van der Waals surface area contributed by atoms with Gasteiger partial charge >= 0.3 is 0 Å². The normalized spacial score (nSPS) is 14.4. The van der Waals surface area contributed by atoms with E-state index in [-0.39, 0.29) is 0 Å². The van der Waals surface area contributed by atoms with Crippen LogP contribution in [0.15, 0.2) is 58.3 Å². The SMILES string of the molecule is Oc1ccc(Sc2ccc(CCCCCCCCCCCCCCCC3CCCCC3)cc2)cc1. The topological polar surface area (TPSA) is 20.2 Å². The van der Waals surface area contributed by atoms with Crippen LogP contribution in [-0.4, -0.2) is 5.11 Å². The number of phenolic OH excluding ortho intramolecular Hbond substituents is 1. The first kappa shape index (κ1) is 28.2. The van der Waals surface area contributed by atoms with Gasteiger partial charge in [0.25, 0.3) is 0 Å². The number of aromatic hydroxyl groups is 1. The summed E-state index contributed by atoms with van der Waals surface area (Å²) < 4.78 is 0. The van der Waals surface area contributed by atoms with Crippen molar-refractivity contribution in [1.29, 1.82) is 0 Å². The molecule has 194 valence electrons. The molecule has 1 N–H and O–H groups in total. The largest absolute Gasteiger partial charge is 0.508 e. The predicted molar refractivity (Wildman–Crippen MR) is 154 cm³/mol. The summed E-state index contributed by atoms with van der Waals surface area (Å²) in [7, 11) is 0. The number of aryl methyl sites for hydroxylation is 1. The maximum atomic E-state index is 9.40. The number of unbranched alkanes of at least 4 members (excludes halogenated alkanes) is 12. The van der Waals surface area contributed by atoms with E-state index < -0.39 is 0 Å². The van der Waals surface area contributed by atoms with Crippen molar-refractivity contribution in [2.45, 2.75) is 138 Å². The van der Waals surface area contributed by atoms with Gasteiger partial charge in [-0.1, -0.05) is 139 Å². The third kappa shape index (κ3) is 12.9. The fraction of sp³-hybridized carbons (Fsp3) is 0.636. The van der Waals surface area contributed by atoms with Crippen LogP contribution in [0.3, 0.4) is 0 Å². The van der Waals surface area contributed by atoms with Crippen LogP contribution < -0.4 is 0 Å². The molecule has 2 aromatic carbocycles. The van der Waals surface area contributed by atoms with Gasteiger partial charge in [0, 0.05) is 9.79 Å². The molecule has 0 saturated heterocycles. The van der Waals surface area contributed by atoms with Gasteiger partial charge in [0.15, 0.2) is 0 Å². The zero-order valence-corrected chi connectivity index (χ0v) is 23.0. The van der Waals surface area contributed by atoms with Crippen LogP contribution in [0.2, 0.25) is 0 Å². The molecule has 35 heavy (non-hydrogen) atoms. The molecule has 0 aromatic heterocycles. The fourth-order valence-electron chi connectivity index (χ4n) is 5.56. The molecule has 1 aliphatic rings. The Morgan fingerprint density at radius 1 is 0.543 bits per heavy atom. The minimum Gasteiger partial charge on any atom is -0.508 e. The quantitative estimate of drug-likeness (QED) is 0.208. The summed E-state index contributed by atoms with van der Waals surface area (Å²) in [6.07, 6.45) is 29.0. The van der Waals surface area contributed by atoms with E-state index in [1.807, 2.05) is 12.1 Å². The van der Waals surface area contributed by atoms with Crippen LogP contribution in [0.4, 0.5) is 0 Å². The molecule has 0 atom stereocenters. The van der Waals surface area contributed by atoms with Crippen molar-refractivity contribution < 1.29 is 5.11 Å². The molecule has 0 spiro atoms. The van der Waals surface area contributed by atoms with Crippen molar-refractivity contribution in [1.82, 2.24) is 0 Å². The Kier molecular flexibility index (Phi) is 14.4. The first-order chi connectivity index (χ1) is 17.3. The molecule has 3 rings (SSSR count). The van der Waals surface area contributed by atoms with Gasteiger partial charge in [-0.25, -0.2) is 0 Å². The Labute approximate surface area is 220 Å². The molecule has 1 nitrogen and oxygen atoms in total. The Morgan fingerprint density at radius 3 is 1.54 bits per heavy atom. The molecule has 1 fully saturated rings. The highest BCUT2D eigenvalue weighted by Crippen LogP contribution is 2.29. The summed E-state index contributed by atoms with van der Waals surface area (Å²) in [5.74, 6) is 1.41. The number of hydrogen-bond acceptors (Lipinski definition) is 2. The van der Waals surface area contributed by atoms with E-state index >= 15 is 0 Å². The summed E-state index contributed by atoms with van der Waals surface area (Å²) in [5.41, 5.74) is 1.45. The second-order valence-electron chi connectivity index (χ2n) is 10.9. The number of phenols is 1. The molecule has 2 aromatic rings. The molecule has 0 heterocycles. The molecule has 2 heteroatoms. The van der Waals surface area contributed by atoms with Gasteiger partial charge in [0.2, 0.25) is 0 Å². The molecular formula is C33H50OS. The third-order valence-corrected chi connectivity index (χ3v) is 8.81. The first-order valence-electron chi connectivity index (χ1n) is 14.9. The van der Waals surface area contributed by atoms with E-state index in [0.29, 0.717) is 5.75 Å². The van der Waals surface area contributed by atoms with Gasteiger partial charge in [-0.2, -0.15) is 0 Å². The summed E-state index contributed by atoms with van der Waals surface area (Å²) in [5, 5.41) is 9.40. The molecular weight excluding hydrogens is 444 g/mol. The van der Waals surface area contributed by atoms with E-state index in [2.05, 4.69) is 24.3 Å². The highest BCUT2D eigenvalue weighted by Gasteiger charge is 2.12. The van der Waals surface area contributed by atoms with Crippen molar-refractivity contribution in [3.8, 4) is 5.75 Å². The van der Waals surface area contributed by atoms with Crippen LogP contribution in [0.1, 0.15) is 128 Å². The van der Waals surface area contributed by atoms with Gasteiger partial charge in [-0.3, -0.25) is 0 Å². The Hall–Kier alpha value is -1.41. The molecule has 1 aliphatic carbocycles. The molecule has 1 saturated carbocycles.